The molecule has 1 unspecified atom stereocenters. The summed E-state index contributed by atoms with van der Waals surface area (Å²) in [6, 6.07) is 0. The number of carbonyl (C=O) groups is 1. The van der Waals surface area contributed by atoms with Gasteiger partial charge in [0.2, 0.25) is 0 Å². The molecule has 1 fully saturated rings. The van der Waals surface area contributed by atoms with Crippen LogP contribution in [0.3, 0.4) is 0 Å². The maximum atomic E-state index is 11.9. The molecule has 0 aliphatic carbocycles. The number of nitrogens with zero attached hydrogens (tertiary/aromatic N) is 1. The van der Waals surface area contributed by atoms with E-state index in [1.165, 1.54) is 4.31 Å². The first kappa shape index (κ1) is 16.4. The van der Waals surface area contributed by atoms with Gasteiger partial charge in [0.1, 0.15) is 0 Å². The van der Waals surface area contributed by atoms with E-state index in [4.69, 9.17) is 5.11 Å². The van der Waals surface area contributed by atoms with Gasteiger partial charge >= 0.3 is 5.97 Å². The van der Waals surface area contributed by atoms with Crippen LogP contribution in [0.25, 0.3) is 0 Å². The third kappa shape index (κ3) is 5.88. The Morgan fingerprint density at radius 2 is 1.95 bits per heavy atom. The van der Waals surface area contributed by atoms with Crippen molar-refractivity contribution in [3.8, 4) is 0 Å². The molecule has 1 atom stereocenters. The van der Waals surface area contributed by atoms with Crippen LogP contribution in [-0.2, 0) is 15.0 Å². The molecule has 0 aromatic carbocycles. The Kier molecular flexibility index (Phi) is 6.74. The lowest BCUT2D eigenvalue weighted by atomic mass is 9.97. The van der Waals surface area contributed by atoms with E-state index in [1.54, 1.807) is 0 Å². The highest BCUT2D eigenvalue weighted by Crippen LogP contribution is 2.16. The highest BCUT2D eigenvalue weighted by molar-refractivity contribution is 7.87. The monoisotopic (exact) mass is 292 g/mol. The van der Waals surface area contributed by atoms with Gasteiger partial charge in [0.05, 0.1) is 0 Å². The van der Waals surface area contributed by atoms with Crippen LogP contribution in [0.2, 0.25) is 0 Å². The molecule has 0 saturated carbocycles. The molecule has 7 heteroatoms. The van der Waals surface area contributed by atoms with Crippen molar-refractivity contribution >= 4 is 16.2 Å². The van der Waals surface area contributed by atoms with Gasteiger partial charge in [0, 0.05) is 26.1 Å². The van der Waals surface area contributed by atoms with E-state index in [9.17, 15) is 13.2 Å². The van der Waals surface area contributed by atoms with Crippen molar-refractivity contribution in [1.82, 2.24) is 9.03 Å². The van der Waals surface area contributed by atoms with Crippen LogP contribution < -0.4 is 4.72 Å². The molecule has 0 aromatic heterocycles. The second-order valence-corrected chi connectivity index (χ2v) is 6.76. The summed E-state index contributed by atoms with van der Waals surface area (Å²) in [6.07, 6.45) is 4.18. The van der Waals surface area contributed by atoms with Crippen molar-refractivity contribution in [3.05, 3.63) is 0 Å². The van der Waals surface area contributed by atoms with E-state index in [0.29, 0.717) is 32.5 Å². The quantitative estimate of drug-likeness (QED) is 0.668. The minimum absolute atomic E-state index is 0.150. The van der Waals surface area contributed by atoms with Crippen molar-refractivity contribution in [2.75, 3.05) is 19.6 Å². The van der Waals surface area contributed by atoms with Crippen LogP contribution in [0.4, 0.5) is 0 Å². The van der Waals surface area contributed by atoms with E-state index in [0.717, 1.165) is 19.3 Å². The summed E-state index contributed by atoms with van der Waals surface area (Å²) in [5.41, 5.74) is 0. The van der Waals surface area contributed by atoms with Crippen molar-refractivity contribution in [1.29, 1.82) is 0 Å². The van der Waals surface area contributed by atoms with Crippen molar-refractivity contribution in [2.45, 2.75) is 45.4 Å². The molecule has 19 heavy (non-hydrogen) atoms. The largest absolute Gasteiger partial charge is 0.481 e. The van der Waals surface area contributed by atoms with E-state index < -0.39 is 16.2 Å². The van der Waals surface area contributed by atoms with Gasteiger partial charge in [-0.3, -0.25) is 4.79 Å². The Labute approximate surface area is 115 Å². The second kappa shape index (κ2) is 7.81. The molecule has 0 radical (unpaired) electrons. The zero-order valence-electron chi connectivity index (χ0n) is 11.5. The molecular formula is C12H24N2O4S. The summed E-state index contributed by atoms with van der Waals surface area (Å²) in [5.74, 6) is -0.534. The fourth-order valence-corrected chi connectivity index (χ4v) is 3.59. The van der Waals surface area contributed by atoms with E-state index in [1.807, 2.05) is 6.92 Å². The molecule has 1 saturated heterocycles. The number of rotatable bonds is 9. The number of aliphatic carboxylic acids is 1. The summed E-state index contributed by atoms with van der Waals surface area (Å²) in [6.45, 7) is 3.59. The van der Waals surface area contributed by atoms with Crippen molar-refractivity contribution < 1.29 is 18.3 Å². The Bertz CT molecular complexity index is 377. The molecule has 0 bridgehead atoms. The summed E-state index contributed by atoms with van der Waals surface area (Å²) >= 11 is 0. The summed E-state index contributed by atoms with van der Waals surface area (Å²) in [7, 11) is -3.33. The smallest absolute Gasteiger partial charge is 0.303 e. The number of carboxylic acid groups (broad SMARTS) is 1. The zero-order valence-corrected chi connectivity index (χ0v) is 12.3. The number of hydrogen-bond donors (Lipinski definition) is 2. The summed E-state index contributed by atoms with van der Waals surface area (Å²) in [4.78, 5) is 10.5. The standard InChI is InChI=1S/C12H24N2O4S/c1-2-11(5-6-12(15)16)7-8-13-19(17,18)14-9-3-4-10-14/h11,13H,2-10H2,1H3,(H,15,16). The Balaban J connectivity index is 2.29. The molecular weight excluding hydrogens is 268 g/mol. The van der Waals surface area contributed by atoms with Gasteiger partial charge in [-0.2, -0.15) is 12.7 Å². The Hall–Kier alpha value is -0.660. The topological polar surface area (TPSA) is 86.7 Å². The van der Waals surface area contributed by atoms with Crippen LogP contribution in [0.15, 0.2) is 0 Å². The van der Waals surface area contributed by atoms with Crippen LogP contribution in [0, 0.1) is 5.92 Å². The van der Waals surface area contributed by atoms with Gasteiger partial charge in [-0.25, -0.2) is 4.72 Å². The third-order valence-corrected chi connectivity index (χ3v) is 5.20. The Morgan fingerprint density at radius 1 is 1.32 bits per heavy atom. The van der Waals surface area contributed by atoms with Gasteiger partial charge < -0.3 is 5.11 Å². The molecule has 1 heterocycles. The number of nitrogens with one attached hydrogen (secondary N) is 1. The van der Waals surface area contributed by atoms with E-state index in [-0.39, 0.29) is 12.3 Å². The number of carboxylic acids is 1. The number of hydrogen-bond acceptors (Lipinski definition) is 3. The molecule has 2 N–H and O–H groups in total. The second-order valence-electron chi connectivity index (χ2n) is 5.00. The average molecular weight is 292 g/mol. The van der Waals surface area contributed by atoms with Gasteiger partial charge in [-0.05, 0) is 31.6 Å². The molecule has 6 nitrogen and oxygen atoms in total. The molecule has 112 valence electrons. The molecule has 0 aromatic rings. The predicted molar refractivity (Wildman–Crippen MR) is 73.0 cm³/mol. The summed E-state index contributed by atoms with van der Waals surface area (Å²) in [5, 5.41) is 8.64. The lowest BCUT2D eigenvalue weighted by Gasteiger charge is -2.18. The fourth-order valence-electron chi connectivity index (χ4n) is 2.29. The Morgan fingerprint density at radius 3 is 2.47 bits per heavy atom. The minimum Gasteiger partial charge on any atom is -0.481 e. The highest BCUT2D eigenvalue weighted by Gasteiger charge is 2.24. The lowest BCUT2D eigenvalue weighted by molar-refractivity contribution is -0.137. The summed E-state index contributed by atoms with van der Waals surface area (Å²) < 4.78 is 27.9. The average Bonchev–Trinajstić information content (AvgIpc) is 2.87. The van der Waals surface area contributed by atoms with Gasteiger partial charge in [-0.1, -0.05) is 13.3 Å². The molecule has 1 aliphatic rings. The molecule has 1 aliphatic heterocycles. The first-order valence-corrected chi connectivity index (χ1v) is 8.36. The lowest BCUT2D eigenvalue weighted by Crippen LogP contribution is -2.39. The maximum Gasteiger partial charge on any atom is 0.303 e. The highest BCUT2D eigenvalue weighted by atomic mass is 32.2. The van der Waals surface area contributed by atoms with Gasteiger partial charge in [-0.15, -0.1) is 0 Å². The maximum absolute atomic E-state index is 11.9. The van der Waals surface area contributed by atoms with Crippen LogP contribution in [0.5, 0.6) is 0 Å². The fraction of sp³-hybridized carbons (Fsp3) is 0.917. The molecule has 1 rings (SSSR count). The zero-order chi connectivity index (χ0) is 14.3. The van der Waals surface area contributed by atoms with Gasteiger partial charge in [0.25, 0.3) is 10.2 Å². The first-order chi connectivity index (χ1) is 8.95. The third-order valence-electron chi connectivity index (χ3n) is 3.59. The van der Waals surface area contributed by atoms with E-state index in [2.05, 4.69) is 4.72 Å². The van der Waals surface area contributed by atoms with Crippen molar-refractivity contribution in [3.63, 3.8) is 0 Å². The molecule has 0 spiro atoms. The molecule has 0 amide bonds. The minimum atomic E-state index is -3.33. The van der Waals surface area contributed by atoms with Crippen LogP contribution in [0.1, 0.15) is 45.4 Å². The van der Waals surface area contributed by atoms with Gasteiger partial charge in [0.15, 0.2) is 0 Å². The first-order valence-electron chi connectivity index (χ1n) is 6.92. The normalized spacial score (nSPS) is 18.6. The SMILES string of the molecule is CCC(CCNS(=O)(=O)N1CCCC1)CCC(=O)O. The van der Waals surface area contributed by atoms with Crippen LogP contribution in [-0.4, -0.2) is 43.4 Å². The predicted octanol–water partition coefficient (Wildman–Crippen LogP) is 1.20. The van der Waals surface area contributed by atoms with Crippen LogP contribution >= 0.6 is 0 Å². The van der Waals surface area contributed by atoms with Crippen molar-refractivity contribution in [2.24, 2.45) is 5.92 Å². The van der Waals surface area contributed by atoms with E-state index >= 15 is 0 Å².